The van der Waals surface area contributed by atoms with Gasteiger partial charge in [-0.1, -0.05) is 71.9 Å². The van der Waals surface area contributed by atoms with Crippen LogP contribution in [0.1, 0.15) is 94.3 Å². The molecule has 4 rings (SSSR count). The maximum absolute atomic E-state index is 10.8. The molecule has 3 aromatic rings. The van der Waals surface area contributed by atoms with Crippen molar-refractivity contribution < 1.29 is 15.0 Å². The van der Waals surface area contributed by atoms with E-state index in [2.05, 4.69) is 66.7 Å². The number of benzene rings is 2. The zero-order valence-electron chi connectivity index (χ0n) is 23.0. The Bertz CT molecular complexity index is 1230. The van der Waals surface area contributed by atoms with Crippen molar-refractivity contribution in [3.05, 3.63) is 63.8 Å². The van der Waals surface area contributed by atoms with E-state index in [1.807, 2.05) is 12.1 Å². The van der Waals surface area contributed by atoms with Crippen LogP contribution in [0.4, 0.5) is 5.69 Å². The van der Waals surface area contributed by atoms with Crippen LogP contribution in [0.2, 0.25) is 0 Å². The van der Waals surface area contributed by atoms with Crippen LogP contribution >= 0.6 is 0 Å². The van der Waals surface area contributed by atoms with Crippen LogP contribution in [-0.4, -0.2) is 21.2 Å². The summed E-state index contributed by atoms with van der Waals surface area (Å²) >= 11 is 0. The topological polar surface area (TPSA) is 96.4 Å². The van der Waals surface area contributed by atoms with Gasteiger partial charge < -0.3 is 15.9 Å². The minimum atomic E-state index is -0.798. The summed E-state index contributed by atoms with van der Waals surface area (Å²) in [6.07, 6.45) is 5.27. The van der Waals surface area contributed by atoms with E-state index < -0.39 is 5.97 Å². The molecule has 0 amide bonds. The number of fused-ring (bicyclic) bond motifs is 2. The lowest BCUT2D eigenvalue weighted by atomic mass is 9.78. The highest BCUT2D eigenvalue weighted by molar-refractivity contribution is 5.94. The maximum atomic E-state index is 10.8. The van der Waals surface area contributed by atoms with Gasteiger partial charge in [-0.05, 0) is 77.7 Å². The summed E-state index contributed by atoms with van der Waals surface area (Å²) in [5, 5.41) is 20.5. The van der Waals surface area contributed by atoms with Gasteiger partial charge in [0.15, 0.2) is 0 Å². The SMILES string of the molecule is CC(C)(C)c1cc(CCC(=O)O)cc(C(C)(C)C)c1O.Cc1cccc2c(N)c3c(nc12)CCCC3. The molecule has 1 heterocycles. The first-order valence-corrected chi connectivity index (χ1v) is 13.0. The minimum absolute atomic E-state index is 0.109. The second-order valence-corrected chi connectivity index (χ2v) is 12.1. The lowest BCUT2D eigenvalue weighted by Gasteiger charge is -2.28. The number of hydrogen-bond donors (Lipinski definition) is 3. The Kier molecular flexibility index (Phi) is 8.02. The third kappa shape index (κ3) is 6.18. The van der Waals surface area contributed by atoms with Gasteiger partial charge in [-0.15, -0.1) is 0 Å². The first-order chi connectivity index (χ1) is 16.7. The fourth-order valence-electron chi connectivity index (χ4n) is 4.86. The van der Waals surface area contributed by atoms with E-state index in [9.17, 15) is 9.90 Å². The van der Waals surface area contributed by atoms with Gasteiger partial charge in [-0.3, -0.25) is 9.78 Å². The number of nitrogen functional groups attached to an aromatic ring is 1. The zero-order chi connectivity index (χ0) is 26.8. The summed E-state index contributed by atoms with van der Waals surface area (Å²) in [7, 11) is 0. The highest BCUT2D eigenvalue weighted by Crippen LogP contribution is 2.40. The Morgan fingerprint density at radius 2 is 1.58 bits per heavy atom. The van der Waals surface area contributed by atoms with Gasteiger partial charge in [-0.25, -0.2) is 0 Å². The second kappa shape index (κ2) is 10.5. The van der Waals surface area contributed by atoms with Gasteiger partial charge in [0.25, 0.3) is 0 Å². The number of hydrogen-bond acceptors (Lipinski definition) is 4. The van der Waals surface area contributed by atoms with Crippen LogP contribution in [0.3, 0.4) is 0 Å². The summed E-state index contributed by atoms with van der Waals surface area (Å²) in [5.74, 6) is -0.461. The van der Waals surface area contributed by atoms with E-state index in [1.54, 1.807) is 0 Å². The molecule has 0 saturated carbocycles. The molecule has 2 aromatic carbocycles. The van der Waals surface area contributed by atoms with Crippen molar-refractivity contribution in [3.63, 3.8) is 0 Å². The first-order valence-electron chi connectivity index (χ1n) is 13.0. The van der Waals surface area contributed by atoms with Crippen molar-refractivity contribution in [1.82, 2.24) is 4.98 Å². The molecule has 0 atom stereocenters. The maximum Gasteiger partial charge on any atom is 0.303 e. The number of anilines is 1. The minimum Gasteiger partial charge on any atom is -0.507 e. The standard InChI is InChI=1S/C17H26O3.C14H16N2/c1-16(2,3)12-9-11(7-8-14(18)19)10-13(15(12)20)17(4,5)6;1-9-5-4-7-11-13(15)10-6-2-3-8-12(10)16-14(9)11/h9-10,20H,7-8H2,1-6H3,(H,18,19);4-5,7H,2-3,6,8H2,1H3,(H2,15,16). The summed E-state index contributed by atoms with van der Waals surface area (Å²) in [4.78, 5) is 15.5. The summed E-state index contributed by atoms with van der Waals surface area (Å²) in [6.45, 7) is 14.4. The number of carboxylic acids is 1. The molecular formula is C31H42N2O3. The van der Waals surface area contributed by atoms with Gasteiger partial charge >= 0.3 is 5.97 Å². The van der Waals surface area contributed by atoms with Gasteiger partial charge in [0.1, 0.15) is 5.75 Å². The highest BCUT2D eigenvalue weighted by Gasteiger charge is 2.26. The fourth-order valence-corrected chi connectivity index (χ4v) is 4.86. The normalized spacial score (nSPS) is 13.6. The summed E-state index contributed by atoms with van der Waals surface area (Å²) in [6, 6.07) is 10.1. The lowest BCUT2D eigenvalue weighted by molar-refractivity contribution is -0.136. The Balaban J connectivity index is 0.000000204. The van der Waals surface area contributed by atoms with E-state index >= 15 is 0 Å². The number of para-hydroxylation sites is 1. The van der Waals surface area contributed by atoms with Crippen LogP contribution in [-0.2, 0) is 34.9 Å². The third-order valence-electron chi connectivity index (χ3n) is 6.95. The molecule has 0 fully saturated rings. The number of aromatic nitrogens is 1. The van der Waals surface area contributed by atoms with Crippen LogP contribution in [0.5, 0.6) is 5.75 Å². The molecule has 4 N–H and O–H groups in total. The van der Waals surface area contributed by atoms with Crippen molar-refractivity contribution in [2.24, 2.45) is 0 Å². The van der Waals surface area contributed by atoms with E-state index in [4.69, 9.17) is 15.8 Å². The van der Waals surface area contributed by atoms with Crippen molar-refractivity contribution in [2.75, 3.05) is 5.73 Å². The van der Waals surface area contributed by atoms with Crippen molar-refractivity contribution >= 4 is 22.6 Å². The molecule has 0 saturated heterocycles. The van der Waals surface area contributed by atoms with Gasteiger partial charge in [0.05, 0.1) is 5.52 Å². The van der Waals surface area contributed by atoms with Crippen LogP contribution in [0, 0.1) is 6.92 Å². The average Bonchev–Trinajstić information content (AvgIpc) is 2.78. The molecule has 0 bridgehead atoms. The predicted octanol–water partition coefficient (Wildman–Crippen LogP) is 7.01. The summed E-state index contributed by atoms with van der Waals surface area (Å²) < 4.78 is 0. The van der Waals surface area contributed by atoms with E-state index in [-0.39, 0.29) is 17.3 Å². The zero-order valence-corrected chi connectivity index (χ0v) is 23.0. The van der Waals surface area contributed by atoms with E-state index in [1.165, 1.54) is 29.7 Å². The molecule has 0 aliphatic heterocycles. The number of carbonyl (C=O) groups is 1. The van der Waals surface area contributed by atoms with Crippen molar-refractivity contribution in [3.8, 4) is 5.75 Å². The number of nitrogens with two attached hydrogens (primary N) is 1. The number of aryl methyl sites for hydroxylation is 3. The fraction of sp³-hybridized carbons (Fsp3) is 0.484. The molecule has 1 aliphatic carbocycles. The Hall–Kier alpha value is -3.08. The summed E-state index contributed by atoms with van der Waals surface area (Å²) in [5.41, 5.74) is 14.4. The lowest BCUT2D eigenvalue weighted by Crippen LogP contribution is -2.18. The first kappa shape index (κ1) is 27.5. The van der Waals surface area contributed by atoms with Gasteiger partial charge in [0.2, 0.25) is 0 Å². The molecule has 5 heteroatoms. The number of aromatic hydroxyl groups is 1. The number of pyridine rings is 1. The van der Waals surface area contributed by atoms with Crippen molar-refractivity contribution in [1.29, 1.82) is 0 Å². The van der Waals surface area contributed by atoms with Crippen molar-refractivity contribution in [2.45, 2.75) is 97.8 Å². The largest absolute Gasteiger partial charge is 0.507 e. The Labute approximate surface area is 215 Å². The van der Waals surface area contributed by atoms with Crippen LogP contribution in [0.25, 0.3) is 10.9 Å². The van der Waals surface area contributed by atoms with Crippen LogP contribution < -0.4 is 5.73 Å². The predicted molar refractivity (Wildman–Crippen MR) is 149 cm³/mol. The molecule has 0 radical (unpaired) electrons. The monoisotopic (exact) mass is 490 g/mol. The molecular weight excluding hydrogens is 448 g/mol. The molecule has 0 spiro atoms. The molecule has 0 unspecified atom stereocenters. The molecule has 36 heavy (non-hydrogen) atoms. The van der Waals surface area contributed by atoms with Gasteiger partial charge in [0, 0.05) is 23.2 Å². The number of rotatable bonds is 3. The highest BCUT2D eigenvalue weighted by atomic mass is 16.4. The number of nitrogens with zero attached hydrogens (tertiary/aromatic N) is 1. The smallest absolute Gasteiger partial charge is 0.303 e. The van der Waals surface area contributed by atoms with E-state index in [0.717, 1.165) is 46.1 Å². The Morgan fingerprint density at radius 1 is 1.00 bits per heavy atom. The molecule has 5 nitrogen and oxygen atoms in total. The number of phenolic OH excluding ortho intramolecular Hbond substituents is 1. The quantitative estimate of drug-likeness (QED) is 0.367. The molecule has 194 valence electrons. The van der Waals surface area contributed by atoms with E-state index in [0.29, 0.717) is 12.2 Å². The molecule has 1 aromatic heterocycles. The van der Waals surface area contributed by atoms with Gasteiger partial charge in [-0.2, -0.15) is 0 Å². The number of phenols is 1. The average molecular weight is 491 g/mol. The number of carboxylic acid groups (broad SMARTS) is 1. The number of aliphatic carboxylic acids is 1. The second-order valence-electron chi connectivity index (χ2n) is 12.1. The molecule has 1 aliphatic rings. The van der Waals surface area contributed by atoms with Crippen LogP contribution in [0.15, 0.2) is 30.3 Å². The third-order valence-corrected chi connectivity index (χ3v) is 6.95. The Morgan fingerprint density at radius 3 is 2.14 bits per heavy atom.